The number of nitrogens with zero attached hydrogens (tertiary/aromatic N) is 4. The van der Waals surface area contributed by atoms with Gasteiger partial charge in [-0.15, -0.1) is 0 Å². The largest absolute Gasteiger partial charge is 0.367 e. The summed E-state index contributed by atoms with van der Waals surface area (Å²) in [6.45, 7) is 7.24. The van der Waals surface area contributed by atoms with E-state index in [0.717, 1.165) is 70.2 Å². The molecule has 0 aliphatic carbocycles. The number of para-hydroxylation sites is 4. The highest BCUT2D eigenvalue weighted by atomic mass is 79.9. The van der Waals surface area contributed by atoms with Gasteiger partial charge < -0.3 is 19.6 Å². The molecule has 0 N–H and O–H groups in total. The first kappa shape index (κ1) is 29.5. The molecule has 0 amide bonds. The summed E-state index contributed by atoms with van der Waals surface area (Å²) in [6, 6.07) is 34.3. The Morgan fingerprint density at radius 1 is 0.300 bits per heavy atom. The zero-order valence-electron chi connectivity index (χ0n) is 22.2. The molecule has 0 unspecified atom stereocenters. The van der Waals surface area contributed by atoms with Crippen LogP contribution in [0.25, 0.3) is 0 Å². The molecule has 1 aliphatic rings. The molecule has 8 heteroatoms. The van der Waals surface area contributed by atoms with Crippen molar-refractivity contribution in [2.24, 2.45) is 0 Å². The summed E-state index contributed by atoms with van der Waals surface area (Å²) in [5, 5.41) is 0. The summed E-state index contributed by atoms with van der Waals surface area (Å²) >= 11 is 15.3. The second-order valence-electron chi connectivity index (χ2n) is 9.75. The number of hydrogen-bond donors (Lipinski definition) is 0. The predicted molar refractivity (Wildman–Crippen MR) is 185 cm³/mol. The summed E-state index contributed by atoms with van der Waals surface area (Å²) in [7, 11) is 0. The molecule has 0 spiro atoms. The molecule has 4 nitrogen and oxygen atoms in total. The van der Waals surface area contributed by atoms with Gasteiger partial charge in [0.25, 0.3) is 0 Å². The molecule has 1 aliphatic heterocycles. The minimum Gasteiger partial charge on any atom is -0.367 e. The van der Waals surface area contributed by atoms with Crippen LogP contribution in [0, 0.1) is 0 Å². The lowest BCUT2D eigenvalue weighted by molar-refractivity contribution is 0.652. The Kier molecular flexibility index (Phi) is 10.5. The number of halogens is 4. The Balaban J connectivity index is 1.51. The van der Waals surface area contributed by atoms with Crippen LogP contribution in [-0.2, 0) is 0 Å². The smallest absolute Gasteiger partial charge is 0.0511 e. The van der Waals surface area contributed by atoms with Crippen molar-refractivity contribution in [3.8, 4) is 0 Å². The molecule has 40 heavy (non-hydrogen) atoms. The van der Waals surface area contributed by atoms with Gasteiger partial charge in [-0.3, -0.25) is 0 Å². The Hall–Kier alpha value is -2.00. The van der Waals surface area contributed by atoms with Crippen LogP contribution in [0.5, 0.6) is 0 Å². The van der Waals surface area contributed by atoms with Crippen molar-refractivity contribution < 1.29 is 0 Å². The first-order valence-electron chi connectivity index (χ1n) is 13.5. The van der Waals surface area contributed by atoms with E-state index < -0.39 is 0 Å². The van der Waals surface area contributed by atoms with E-state index in [1.165, 1.54) is 22.7 Å². The summed E-state index contributed by atoms with van der Waals surface area (Å²) in [4.78, 5) is 10.1. The third-order valence-corrected chi connectivity index (χ3v) is 10.0. The number of rotatable bonds is 4. The lowest BCUT2D eigenvalue weighted by atomic mass is 10.2. The lowest BCUT2D eigenvalue weighted by Gasteiger charge is -2.38. The summed E-state index contributed by atoms with van der Waals surface area (Å²) in [5.74, 6) is 0. The van der Waals surface area contributed by atoms with E-state index in [1.54, 1.807) is 0 Å². The van der Waals surface area contributed by atoms with Crippen molar-refractivity contribution in [2.45, 2.75) is 0 Å². The van der Waals surface area contributed by atoms with Crippen molar-refractivity contribution >= 4 is 86.5 Å². The maximum atomic E-state index is 3.83. The fraction of sp³-hybridized carbons (Fsp3) is 0.250. The molecule has 4 aromatic carbocycles. The maximum absolute atomic E-state index is 3.83. The molecule has 1 saturated heterocycles. The maximum Gasteiger partial charge on any atom is 0.0511 e. The number of hydrogen-bond acceptors (Lipinski definition) is 4. The van der Waals surface area contributed by atoms with E-state index in [4.69, 9.17) is 0 Å². The van der Waals surface area contributed by atoms with Gasteiger partial charge in [-0.05, 0) is 112 Å². The summed E-state index contributed by atoms with van der Waals surface area (Å²) in [5.41, 5.74) is 4.92. The van der Waals surface area contributed by atoms with Gasteiger partial charge in [0.2, 0.25) is 0 Å². The van der Waals surface area contributed by atoms with Crippen LogP contribution in [-0.4, -0.2) is 52.4 Å². The first-order chi connectivity index (χ1) is 19.5. The van der Waals surface area contributed by atoms with Crippen LogP contribution in [0.2, 0.25) is 0 Å². The zero-order valence-corrected chi connectivity index (χ0v) is 28.5. The van der Waals surface area contributed by atoms with Crippen LogP contribution in [0.3, 0.4) is 0 Å². The molecule has 1 fully saturated rings. The first-order valence-corrected chi connectivity index (χ1v) is 16.7. The van der Waals surface area contributed by atoms with Gasteiger partial charge in [-0.1, -0.05) is 48.5 Å². The SMILES string of the molecule is Brc1ccccc1N1CCN(c2ccccc2Br)CCN(c2ccccc2Br)CCN(c2ccccc2Br)CC1. The molecular weight excluding hydrogens is 760 g/mol. The molecule has 208 valence electrons. The van der Waals surface area contributed by atoms with Gasteiger partial charge in [0.1, 0.15) is 0 Å². The van der Waals surface area contributed by atoms with E-state index in [9.17, 15) is 0 Å². The van der Waals surface area contributed by atoms with E-state index >= 15 is 0 Å². The monoisotopic (exact) mass is 788 g/mol. The Morgan fingerprint density at radius 3 is 0.650 bits per heavy atom. The molecule has 0 atom stereocenters. The van der Waals surface area contributed by atoms with E-state index in [0.29, 0.717) is 0 Å². The summed E-state index contributed by atoms with van der Waals surface area (Å²) < 4.78 is 4.51. The molecule has 0 aromatic heterocycles. The van der Waals surface area contributed by atoms with Crippen molar-refractivity contribution in [1.82, 2.24) is 0 Å². The van der Waals surface area contributed by atoms with E-state index in [1.807, 2.05) is 0 Å². The van der Waals surface area contributed by atoms with Crippen molar-refractivity contribution in [3.63, 3.8) is 0 Å². The Bertz CT molecular complexity index is 1190. The molecule has 4 aromatic rings. The minimum absolute atomic E-state index is 0.906. The molecule has 5 rings (SSSR count). The highest BCUT2D eigenvalue weighted by Gasteiger charge is 2.21. The highest BCUT2D eigenvalue weighted by molar-refractivity contribution is 9.11. The van der Waals surface area contributed by atoms with Gasteiger partial charge in [0.15, 0.2) is 0 Å². The second-order valence-corrected chi connectivity index (χ2v) is 13.2. The Morgan fingerprint density at radius 2 is 0.475 bits per heavy atom. The minimum atomic E-state index is 0.906. The van der Waals surface area contributed by atoms with Gasteiger partial charge >= 0.3 is 0 Å². The van der Waals surface area contributed by atoms with Crippen LogP contribution in [0.1, 0.15) is 0 Å². The van der Waals surface area contributed by atoms with Gasteiger partial charge in [0.05, 0.1) is 22.7 Å². The predicted octanol–water partition coefficient (Wildman–Crippen LogP) is 9.08. The standard InChI is InChI=1S/C32H32Br4N4/c33-25-9-1-5-13-29(25)37-17-19-38(30-14-6-2-10-26(30)34)21-23-40(32-16-8-4-12-28(32)36)24-22-39(20-18-37)31-15-7-3-11-27(31)35/h1-16H,17-24H2. The van der Waals surface area contributed by atoms with Crippen LogP contribution < -0.4 is 19.6 Å². The topological polar surface area (TPSA) is 13.0 Å². The van der Waals surface area contributed by atoms with Gasteiger partial charge in [-0.2, -0.15) is 0 Å². The fourth-order valence-corrected chi connectivity index (χ4v) is 7.35. The Labute approximate surface area is 271 Å². The zero-order chi connectivity index (χ0) is 27.9. The van der Waals surface area contributed by atoms with E-state index in [-0.39, 0.29) is 0 Å². The van der Waals surface area contributed by atoms with Crippen LogP contribution in [0.15, 0.2) is 115 Å². The fourth-order valence-electron chi connectivity index (χ4n) is 5.21. The van der Waals surface area contributed by atoms with Crippen molar-refractivity contribution in [2.75, 3.05) is 72.0 Å². The third kappa shape index (κ3) is 7.25. The number of benzene rings is 4. The molecular formula is C32H32Br4N4. The molecule has 0 bridgehead atoms. The van der Waals surface area contributed by atoms with Crippen LogP contribution >= 0.6 is 63.7 Å². The highest BCUT2D eigenvalue weighted by Crippen LogP contribution is 2.31. The third-order valence-electron chi connectivity index (χ3n) is 7.33. The average Bonchev–Trinajstić information content (AvgIpc) is 2.96. The summed E-state index contributed by atoms with van der Waals surface area (Å²) in [6.07, 6.45) is 0. The van der Waals surface area contributed by atoms with E-state index in [2.05, 4.69) is 180 Å². The normalized spacial score (nSPS) is 15.5. The molecule has 1 heterocycles. The second kappa shape index (κ2) is 14.3. The van der Waals surface area contributed by atoms with Gasteiger partial charge in [-0.25, -0.2) is 0 Å². The quantitative estimate of drug-likeness (QED) is 0.205. The van der Waals surface area contributed by atoms with Crippen molar-refractivity contribution in [1.29, 1.82) is 0 Å². The van der Waals surface area contributed by atoms with Gasteiger partial charge in [0, 0.05) is 70.2 Å². The lowest BCUT2D eigenvalue weighted by Crippen LogP contribution is -2.46. The van der Waals surface area contributed by atoms with Crippen molar-refractivity contribution in [3.05, 3.63) is 115 Å². The molecule has 0 radical (unpaired) electrons. The average molecular weight is 792 g/mol. The van der Waals surface area contributed by atoms with Crippen LogP contribution in [0.4, 0.5) is 22.7 Å². The molecule has 0 saturated carbocycles. The number of anilines is 4.